The number of nitrogen functional groups attached to an aromatic ring is 2. The zero-order valence-electron chi connectivity index (χ0n) is 10.7. The molecule has 0 spiro atoms. The highest BCUT2D eigenvalue weighted by atomic mass is 35.5. The first kappa shape index (κ1) is 13.1. The van der Waals surface area contributed by atoms with Gasteiger partial charge in [-0.05, 0) is 48.6 Å². The molecule has 0 saturated carbocycles. The van der Waals surface area contributed by atoms with Gasteiger partial charge >= 0.3 is 0 Å². The molecule has 20 heavy (non-hydrogen) atoms. The fourth-order valence-electron chi connectivity index (χ4n) is 2.48. The van der Waals surface area contributed by atoms with Crippen molar-refractivity contribution < 1.29 is 9.13 Å². The SMILES string of the molecule is Nc1cc(N)c(Oc2ccc3c(c2)CCC3)c(F)c1Cl. The molecule has 0 radical (unpaired) electrons. The maximum atomic E-state index is 14.1. The minimum atomic E-state index is -0.732. The smallest absolute Gasteiger partial charge is 0.188 e. The number of nitrogens with two attached hydrogens (primary N) is 2. The van der Waals surface area contributed by atoms with Crippen molar-refractivity contribution in [3.8, 4) is 11.5 Å². The monoisotopic (exact) mass is 292 g/mol. The molecule has 3 rings (SSSR count). The predicted octanol–water partition coefficient (Wildman–Crippen LogP) is 3.92. The Hall–Kier alpha value is -1.94. The Morgan fingerprint density at radius 1 is 1.05 bits per heavy atom. The second-order valence-corrected chi connectivity index (χ2v) is 5.28. The molecule has 2 aromatic rings. The standard InChI is InChI=1S/C15H14ClFN2O/c16-13-11(18)7-12(19)15(14(13)17)20-10-5-4-8-2-1-3-9(8)6-10/h4-7H,1-3,18-19H2. The van der Waals surface area contributed by atoms with Gasteiger partial charge in [0.2, 0.25) is 0 Å². The lowest BCUT2D eigenvalue weighted by Crippen LogP contribution is -2.00. The molecule has 0 aliphatic heterocycles. The lowest BCUT2D eigenvalue weighted by Gasteiger charge is -2.12. The predicted molar refractivity (Wildman–Crippen MR) is 78.8 cm³/mol. The molecule has 0 aromatic heterocycles. The summed E-state index contributed by atoms with van der Waals surface area (Å²) in [6, 6.07) is 7.14. The van der Waals surface area contributed by atoms with Crippen molar-refractivity contribution in [1.29, 1.82) is 0 Å². The van der Waals surface area contributed by atoms with Gasteiger partial charge in [-0.2, -0.15) is 0 Å². The summed E-state index contributed by atoms with van der Waals surface area (Å²) in [7, 11) is 0. The van der Waals surface area contributed by atoms with Crippen LogP contribution in [0.4, 0.5) is 15.8 Å². The third-order valence-electron chi connectivity index (χ3n) is 3.51. The Kier molecular flexibility index (Phi) is 3.18. The summed E-state index contributed by atoms with van der Waals surface area (Å²) < 4.78 is 19.6. The van der Waals surface area contributed by atoms with Crippen molar-refractivity contribution in [2.45, 2.75) is 19.3 Å². The van der Waals surface area contributed by atoms with Crippen LogP contribution in [0.5, 0.6) is 11.5 Å². The van der Waals surface area contributed by atoms with Crippen LogP contribution in [0.1, 0.15) is 17.5 Å². The first-order chi connectivity index (χ1) is 9.56. The number of benzene rings is 2. The second-order valence-electron chi connectivity index (χ2n) is 4.90. The van der Waals surface area contributed by atoms with Crippen LogP contribution in [0.2, 0.25) is 5.02 Å². The molecular formula is C15H14ClFN2O. The number of anilines is 2. The van der Waals surface area contributed by atoms with Gasteiger partial charge in [-0.3, -0.25) is 0 Å². The molecule has 4 N–H and O–H groups in total. The van der Waals surface area contributed by atoms with Crippen LogP contribution in [0.3, 0.4) is 0 Å². The van der Waals surface area contributed by atoms with Crippen LogP contribution in [-0.4, -0.2) is 0 Å². The third-order valence-corrected chi connectivity index (χ3v) is 3.89. The normalized spacial score (nSPS) is 13.3. The number of ether oxygens (including phenoxy) is 1. The van der Waals surface area contributed by atoms with Crippen molar-refractivity contribution in [3.05, 3.63) is 46.2 Å². The summed E-state index contributed by atoms with van der Waals surface area (Å²) >= 11 is 5.78. The van der Waals surface area contributed by atoms with Crippen molar-refractivity contribution in [3.63, 3.8) is 0 Å². The molecule has 0 fully saturated rings. The Balaban J connectivity index is 1.97. The van der Waals surface area contributed by atoms with E-state index in [9.17, 15) is 4.39 Å². The quantitative estimate of drug-likeness (QED) is 0.825. The van der Waals surface area contributed by atoms with Gasteiger partial charge in [-0.15, -0.1) is 0 Å². The van der Waals surface area contributed by atoms with E-state index in [1.165, 1.54) is 17.2 Å². The first-order valence-corrected chi connectivity index (χ1v) is 6.76. The summed E-state index contributed by atoms with van der Waals surface area (Å²) in [6.07, 6.45) is 3.25. The fraction of sp³-hybridized carbons (Fsp3) is 0.200. The van der Waals surface area contributed by atoms with Crippen LogP contribution >= 0.6 is 11.6 Å². The molecule has 5 heteroatoms. The highest BCUT2D eigenvalue weighted by Gasteiger charge is 2.17. The molecule has 0 amide bonds. The van der Waals surface area contributed by atoms with E-state index in [0.29, 0.717) is 5.75 Å². The van der Waals surface area contributed by atoms with E-state index in [4.69, 9.17) is 27.8 Å². The summed E-state index contributed by atoms with van der Waals surface area (Å²) in [4.78, 5) is 0. The zero-order valence-corrected chi connectivity index (χ0v) is 11.5. The first-order valence-electron chi connectivity index (χ1n) is 6.39. The largest absolute Gasteiger partial charge is 0.452 e. The van der Waals surface area contributed by atoms with Crippen LogP contribution < -0.4 is 16.2 Å². The molecule has 1 aliphatic rings. The summed E-state index contributed by atoms with van der Waals surface area (Å²) in [5, 5.41) is -0.171. The summed E-state index contributed by atoms with van der Waals surface area (Å²) in [5.41, 5.74) is 14.1. The van der Waals surface area contributed by atoms with Crippen molar-refractivity contribution in [1.82, 2.24) is 0 Å². The molecule has 0 bridgehead atoms. The molecular weight excluding hydrogens is 279 g/mol. The molecule has 0 saturated heterocycles. The minimum Gasteiger partial charge on any atom is -0.452 e. The van der Waals surface area contributed by atoms with Crippen molar-refractivity contribution in [2.24, 2.45) is 0 Å². The zero-order chi connectivity index (χ0) is 14.3. The third kappa shape index (κ3) is 2.16. The van der Waals surface area contributed by atoms with Crippen LogP contribution in [0.15, 0.2) is 24.3 Å². The fourth-order valence-corrected chi connectivity index (χ4v) is 2.62. The van der Waals surface area contributed by atoms with Crippen molar-refractivity contribution >= 4 is 23.0 Å². The molecule has 0 heterocycles. The van der Waals surface area contributed by atoms with Crippen LogP contribution in [0, 0.1) is 5.82 Å². The number of halogens is 2. The average Bonchev–Trinajstić information content (AvgIpc) is 2.88. The van der Waals surface area contributed by atoms with E-state index >= 15 is 0 Å². The number of hydrogen-bond acceptors (Lipinski definition) is 3. The number of fused-ring (bicyclic) bond motifs is 1. The summed E-state index contributed by atoms with van der Waals surface area (Å²) in [5.74, 6) is -0.260. The Bertz CT molecular complexity index is 688. The lowest BCUT2D eigenvalue weighted by atomic mass is 10.1. The van der Waals surface area contributed by atoms with Gasteiger partial charge in [0.15, 0.2) is 11.6 Å². The molecule has 104 valence electrons. The van der Waals surface area contributed by atoms with Crippen LogP contribution in [-0.2, 0) is 12.8 Å². The highest BCUT2D eigenvalue weighted by molar-refractivity contribution is 6.33. The number of rotatable bonds is 2. The van der Waals surface area contributed by atoms with E-state index in [-0.39, 0.29) is 22.1 Å². The highest BCUT2D eigenvalue weighted by Crippen LogP contribution is 2.38. The van der Waals surface area contributed by atoms with Gasteiger partial charge in [0.25, 0.3) is 0 Å². The molecule has 3 nitrogen and oxygen atoms in total. The average molecular weight is 293 g/mol. The van der Waals surface area contributed by atoms with Crippen molar-refractivity contribution in [2.75, 3.05) is 11.5 Å². The van der Waals surface area contributed by atoms with E-state index in [2.05, 4.69) is 0 Å². The van der Waals surface area contributed by atoms with Gasteiger partial charge in [0, 0.05) is 0 Å². The van der Waals surface area contributed by atoms with Gasteiger partial charge < -0.3 is 16.2 Å². The summed E-state index contributed by atoms with van der Waals surface area (Å²) in [6.45, 7) is 0. The Labute approximate surface area is 121 Å². The van der Waals surface area contributed by atoms with Gasteiger partial charge in [-0.25, -0.2) is 4.39 Å². The molecule has 0 atom stereocenters. The van der Waals surface area contributed by atoms with Gasteiger partial charge in [0.05, 0.1) is 11.4 Å². The molecule has 0 unspecified atom stereocenters. The minimum absolute atomic E-state index is 0.0813. The lowest BCUT2D eigenvalue weighted by molar-refractivity contribution is 0.445. The molecule has 1 aliphatic carbocycles. The van der Waals surface area contributed by atoms with E-state index in [1.807, 2.05) is 18.2 Å². The number of aryl methyl sites for hydroxylation is 2. The number of hydrogen-bond donors (Lipinski definition) is 2. The van der Waals surface area contributed by atoms with Crippen LogP contribution in [0.25, 0.3) is 0 Å². The van der Waals surface area contributed by atoms with Gasteiger partial charge in [-0.1, -0.05) is 17.7 Å². The second kappa shape index (κ2) is 4.87. The molecule has 2 aromatic carbocycles. The van der Waals surface area contributed by atoms with E-state index in [1.54, 1.807) is 0 Å². The Morgan fingerprint density at radius 3 is 2.60 bits per heavy atom. The Morgan fingerprint density at radius 2 is 1.80 bits per heavy atom. The topological polar surface area (TPSA) is 61.3 Å². The van der Waals surface area contributed by atoms with E-state index in [0.717, 1.165) is 19.3 Å². The maximum Gasteiger partial charge on any atom is 0.188 e. The van der Waals surface area contributed by atoms with Gasteiger partial charge in [0.1, 0.15) is 10.8 Å². The maximum absolute atomic E-state index is 14.1. The van der Waals surface area contributed by atoms with E-state index < -0.39 is 5.82 Å².